The van der Waals surface area contributed by atoms with Crippen molar-refractivity contribution in [2.45, 2.75) is 95.2 Å². The minimum atomic E-state index is -4.18. The molecule has 7 aromatic rings. The van der Waals surface area contributed by atoms with E-state index >= 15 is 4.39 Å². The highest BCUT2D eigenvalue weighted by Crippen LogP contribution is 2.34. The van der Waals surface area contributed by atoms with Crippen LogP contribution < -0.4 is 72.7 Å². The standard InChI is InChI=1S/C76H91F2N15O19S2/c1-6-26-79-73(100)88-56-12-10-14-60(41-56)114(105,106)92-57-13-9-11-51(38-57)63(42-67(96)97)89-75(102)87-55-22-20-54(21-23-55)86-74(101)80-27-31-108-33-35-109-34-32-107-30-25-65(94)90-68(47(2)3)71(99)83-48(4)70(98)84-53-18-15-49(16-19-53)45-112-76(103)82-44-66(95)93-113(5,104)46-50-36-58-40-59(37-50)110-28-7-8-29-111-64-39-52(77)17-24-61(64)69-62(78)43-81-72(85-58)91-69/h9-24,36-41,43,47-48,63,68,92H,6-8,25-35,42,44-46H2,1-5H3,(H,82,103)(H,83,99)(H,84,98)(H,90,94)(H,96,97)(H2,79,88,100)(H2,80,86,101)(H,81,85,91)(H2,87,89,102). The number of sulfonamides is 1. The zero-order valence-electron chi connectivity index (χ0n) is 63.0. The van der Waals surface area contributed by atoms with Crippen LogP contribution in [0.2, 0.25) is 0 Å². The highest BCUT2D eigenvalue weighted by atomic mass is 32.2. The Morgan fingerprint density at radius 2 is 1.28 bits per heavy atom. The Bertz CT molecular complexity index is 4770. The van der Waals surface area contributed by atoms with Crippen molar-refractivity contribution in [2.75, 3.05) is 110 Å². The molecular formula is C76H91F2N15O19S2. The normalized spacial score (nSPS) is 13.2. The number of amides is 11. The third kappa shape index (κ3) is 29.8. The number of aliphatic carboxylic acids is 1. The first-order valence-electron chi connectivity index (χ1n) is 36.1. The van der Waals surface area contributed by atoms with E-state index < -0.39 is 116 Å². The monoisotopic (exact) mass is 1620 g/mol. The van der Waals surface area contributed by atoms with Crippen molar-refractivity contribution in [3.63, 3.8) is 0 Å². The first-order chi connectivity index (χ1) is 54.5. The molecule has 0 radical (unpaired) electrons. The van der Waals surface area contributed by atoms with Crippen LogP contribution in [0.1, 0.15) is 82.5 Å². The lowest BCUT2D eigenvalue weighted by Gasteiger charge is -2.24. The van der Waals surface area contributed by atoms with Gasteiger partial charge < -0.3 is 92.0 Å². The Labute approximate surface area is 656 Å². The molecule has 610 valence electrons. The van der Waals surface area contributed by atoms with E-state index in [1.165, 1.54) is 98.1 Å². The van der Waals surface area contributed by atoms with Crippen LogP contribution in [0, 0.1) is 17.6 Å². The molecule has 1 aromatic heterocycles. The second-order valence-corrected chi connectivity index (χ2v) is 30.2. The number of urea groups is 3. The van der Waals surface area contributed by atoms with Crippen LogP contribution in [0.15, 0.2) is 149 Å². The Balaban J connectivity index is 0.650. The molecule has 1 aliphatic heterocycles. The number of nitrogens with zero attached hydrogens (tertiary/aromatic N) is 3. The van der Waals surface area contributed by atoms with Gasteiger partial charge in [0.2, 0.25) is 23.7 Å². The molecule has 4 atom stereocenters. The molecule has 4 bridgehead atoms. The zero-order chi connectivity index (χ0) is 82.2. The Morgan fingerprint density at radius 3 is 1.98 bits per heavy atom. The van der Waals surface area contributed by atoms with Crippen LogP contribution in [0.25, 0.3) is 11.3 Å². The molecule has 6 aromatic carbocycles. The van der Waals surface area contributed by atoms with Crippen molar-refractivity contribution in [1.82, 2.24) is 41.9 Å². The van der Waals surface area contributed by atoms with Gasteiger partial charge in [0.15, 0.2) is 5.82 Å². The van der Waals surface area contributed by atoms with Crippen LogP contribution in [0.3, 0.4) is 0 Å². The summed E-state index contributed by atoms with van der Waals surface area (Å²) in [5.74, 6) is -5.20. The topological polar surface area (TPSA) is 463 Å². The van der Waals surface area contributed by atoms with Gasteiger partial charge >= 0.3 is 30.2 Å². The van der Waals surface area contributed by atoms with E-state index in [4.69, 9.17) is 28.4 Å². The highest BCUT2D eigenvalue weighted by molar-refractivity contribution is 7.93. The number of nitrogens with one attached hydrogen (secondary N) is 12. The largest absolute Gasteiger partial charge is 0.494 e. The summed E-state index contributed by atoms with van der Waals surface area (Å²) in [6.45, 7) is 7.89. The minimum absolute atomic E-state index is 0.0212. The summed E-state index contributed by atoms with van der Waals surface area (Å²) in [7, 11) is -7.44. The van der Waals surface area contributed by atoms with E-state index in [1.54, 1.807) is 56.3 Å². The Morgan fingerprint density at radius 1 is 0.640 bits per heavy atom. The van der Waals surface area contributed by atoms with Gasteiger partial charge in [0, 0.05) is 77.6 Å². The number of carbonyl (C=O) groups is 9. The molecule has 38 heteroatoms. The maximum absolute atomic E-state index is 15.1. The van der Waals surface area contributed by atoms with E-state index in [0.29, 0.717) is 65.4 Å². The number of carboxylic acids is 1. The summed E-state index contributed by atoms with van der Waals surface area (Å²) in [6.07, 6.45) is 2.40. The fourth-order valence-electron chi connectivity index (χ4n) is 10.7. The molecule has 114 heavy (non-hydrogen) atoms. The van der Waals surface area contributed by atoms with Gasteiger partial charge in [0.05, 0.1) is 91.9 Å². The summed E-state index contributed by atoms with van der Waals surface area (Å²) in [4.78, 5) is 123. The van der Waals surface area contributed by atoms with Crippen LogP contribution in [0.4, 0.5) is 68.0 Å². The average molecular weight is 1620 g/mol. The van der Waals surface area contributed by atoms with Gasteiger partial charge in [-0.3, -0.25) is 28.7 Å². The van der Waals surface area contributed by atoms with Crippen LogP contribution >= 0.6 is 0 Å². The average Bonchev–Trinajstić information content (AvgIpc) is 0.976. The predicted molar refractivity (Wildman–Crippen MR) is 419 cm³/mol. The number of hydrogen-bond donors (Lipinski definition) is 13. The van der Waals surface area contributed by atoms with E-state index in [2.05, 4.69) is 77.5 Å². The van der Waals surface area contributed by atoms with Gasteiger partial charge in [-0.1, -0.05) is 51.1 Å². The number of ether oxygens (including phenoxy) is 6. The second kappa shape index (κ2) is 43.6. The molecule has 13 N–H and O–H groups in total. The summed E-state index contributed by atoms with van der Waals surface area (Å²) < 4.78 is 110. The number of fused-ring (bicyclic) bond motifs is 6. The number of anilines is 7. The number of carboxylic acid groups (broad SMARTS) is 1. The third-order valence-corrected chi connectivity index (χ3v) is 19.1. The fraction of sp³-hybridized carbons (Fsp3) is 0.355. The molecule has 1 aliphatic rings. The number of aromatic nitrogens is 2. The molecule has 34 nitrogen and oxygen atoms in total. The molecule has 0 saturated heterocycles. The SMILES string of the molecule is CCCNC(=O)Nc1cccc(S(=O)(=O)Nc2cccc(C(CC(=O)O)NC(=O)Nc3ccc(NC(=O)NCCOCCOCCOCCC(=O)NC(C(=O)NC(C)C(=O)Nc4ccc(COC(=O)NCC(=O)N=S(C)(=O)Cc5cc6cc(c5)OCCCCOc5cc(F)ccc5-c5nc(ncc5F)N6)cc4)C(C)C)cc3)c2)c1. The summed E-state index contributed by atoms with van der Waals surface area (Å²) in [6, 6.07) is 27.4. The van der Waals surface area contributed by atoms with E-state index in [-0.39, 0.29) is 129 Å². The number of benzene rings is 6. The maximum atomic E-state index is 15.1. The van der Waals surface area contributed by atoms with Crippen LogP contribution in [-0.4, -0.2) is 172 Å². The van der Waals surface area contributed by atoms with Crippen molar-refractivity contribution in [3.8, 4) is 22.8 Å². The van der Waals surface area contributed by atoms with Crippen molar-refractivity contribution in [3.05, 3.63) is 168 Å². The molecule has 0 aliphatic carbocycles. The lowest BCUT2D eigenvalue weighted by atomic mass is 10.0. The Kier molecular flexibility index (Phi) is 33.5. The molecule has 0 spiro atoms. The molecular weight excluding hydrogens is 1530 g/mol. The van der Waals surface area contributed by atoms with E-state index in [1.807, 2.05) is 6.92 Å². The fourth-order valence-corrected chi connectivity index (χ4v) is 13.2. The van der Waals surface area contributed by atoms with Crippen molar-refractivity contribution < 1.29 is 98.1 Å². The van der Waals surface area contributed by atoms with Crippen LogP contribution in [-0.2, 0) is 75.0 Å². The number of rotatable bonds is 36. The molecule has 2 heterocycles. The molecule has 4 unspecified atom stereocenters. The summed E-state index contributed by atoms with van der Waals surface area (Å²) >= 11 is 0. The van der Waals surface area contributed by atoms with Gasteiger partial charge in [-0.15, -0.1) is 0 Å². The molecule has 0 fully saturated rings. The summed E-state index contributed by atoms with van der Waals surface area (Å²) in [5.41, 5.74) is 3.07. The van der Waals surface area contributed by atoms with Crippen molar-refractivity contribution in [1.29, 1.82) is 0 Å². The third-order valence-electron chi connectivity index (χ3n) is 16.3. The van der Waals surface area contributed by atoms with Crippen LogP contribution in [0.5, 0.6) is 11.5 Å². The van der Waals surface area contributed by atoms with Gasteiger partial charge in [0.1, 0.15) is 48.2 Å². The smallest absolute Gasteiger partial charge is 0.407 e. The number of carbonyl (C=O) groups excluding carboxylic acids is 8. The number of hydrogen-bond acceptors (Lipinski definition) is 21. The molecule has 11 amide bonds. The van der Waals surface area contributed by atoms with Gasteiger partial charge in [0.25, 0.3) is 15.9 Å². The first-order valence-corrected chi connectivity index (χ1v) is 39.7. The highest BCUT2D eigenvalue weighted by Gasteiger charge is 2.28. The summed E-state index contributed by atoms with van der Waals surface area (Å²) in [5, 5.41) is 38.8. The Hall–Kier alpha value is -12.1. The lowest BCUT2D eigenvalue weighted by Crippen LogP contribution is -2.53. The van der Waals surface area contributed by atoms with Crippen molar-refractivity contribution in [2.24, 2.45) is 10.3 Å². The molecule has 8 rings (SSSR count). The predicted octanol–water partition coefficient (Wildman–Crippen LogP) is 9.28. The van der Waals surface area contributed by atoms with Gasteiger partial charge in [-0.25, -0.2) is 50.6 Å². The number of halogens is 2. The van der Waals surface area contributed by atoms with Gasteiger partial charge in [-0.05, 0) is 140 Å². The molecule has 0 saturated carbocycles. The van der Waals surface area contributed by atoms with E-state index in [0.717, 1.165) is 12.3 Å². The quantitative estimate of drug-likeness (QED) is 0.0163. The second-order valence-electron chi connectivity index (χ2n) is 26.1. The van der Waals surface area contributed by atoms with E-state index in [9.17, 15) is 65.3 Å². The number of alkyl carbamates (subject to hydrolysis) is 1. The van der Waals surface area contributed by atoms with Crippen molar-refractivity contribution >= 4 is 114 Å². The maximum Gasteiger partial charge on any atom is 0.407 e. The minimum Gasteiger partial charge on any atom is -0.494 e. The van der Waals surface area contributed by atoms with Gasteiger partial charge in [-0.2, -0.15) is 4.36 Å². The lowest BCUT2D eigenvalue weighted by molar-refractivity contribution is -0.137. The zero-order valence-corrected chi connectivity index (χ0v) is 64.7. The first kappa shape index (κ1) is 87.4.